The average Bonchev–Trinajstić information content (AvgIpc) is 3.02. The number of amides is 1. The molecule has 1 aliphatic carbocycles. The van der Waals surface area contributed by atoms with E-state index in [-0.39, 0.29) is 18.1 Å². The lowest BCUT2D eigenvalue weighted by Gasteiger charge is -2.14. The molecule has 1 aromatic rings. The Kier molecular flexibility index (Phi) is 2.97. The summed E-state index contributed by atoms with van der Waals surface area (Å²) < 4.78 is 0. The van der Waals surface area contributed by atoms with Crippen molar-refractivity contribution >= 4 is 5.91 Å². The van der Waals surface area contributed by atoms with Crippen molar-refractivity contribution in [1.29, 1.82) is 0 Å². The van der Waals surface area contributed by atoms with E-state index in [9.17, 15) is 4.79 Å². The standard InChI is InChI=1S/C13H17NO2/c1-10-2-4-11(5-3-10)8-12(16)14-13(9-15)6-7-13/h2-5,15H,6-9H2,1H3,(H,14,16). The fraction of sp³-hybridized carbons (Fsp3) is 0.462. The predicted molar refractivity (Wildman–Crippen MR) is 62.1 cm³/mol. The molecule has 1 amide bonds. The molecular weight excluding hydrogens is 202 g/mol. The van der Waals surface area contributed by atoms with Crippen LogP contribution in [0.15, 0.2) is 24.3 Å². The molecule has 86 valence electrons. The molecule has 2 rings (SSSR count). The third-order valence-electron chi connectivity index (χ3n) is 3.05. The summed E-state index contributed by atoms with van der Waals surface area (Å²) in [7, 11) is 0. The summed E-state index contributed by atoms with van der Waals surface area (Å²) in [5.41, 5.74) is 1.90. The molecule has 1 aromatic carbocycles. The van der Waals surface area contributed by atoms with Gasteiger partial charge in [-0.05, 0) is 25.3 Å². The van der Waals surface area contributed by atoms with E-state index in [0.717, 1.165) is 18.4 Å². The van der Waals surface area contributed by atoms with Gasteiger partial charge in [0.15, 0.2) is 0 Å². The normalized spacial score (nSPS) is 16.9. The van der Waals surface area contributed by atoms with E-state index < -0.39 is 0 Å². The molecule has 0 spiro atoms. The van der Waals surface area contributed by atoms with E-state index in [2.05, 4.69) is 5.32 Å². The van der Waals surface area contributed by atoms with E-state index in [0.29, 0.717) is 6.42 Å². The van der Waals surface area contributed by atoms with E-state index in [4.69, 9.17) is 5.11 Å². The summed E-state index contributed by atoms with van der Waals surface area (Å²) in [5, 5.41) is 12.0. The van der Waals surface area contributed by atoms with Gasteiger partial charge in [-0.1, -0.05) is 29.8 Å². The van der Waals surface area contributed by atoms with Crippen LogP contribution in [0, 0.1) is 6.92 Å². The van der Waals surface area contributed by atoms with Crippen molar-refractivity contribution in [3.8, 4) is 0 Å². The number of benzene rings is 1. The molecule has 16 heavy (non-hydrogen) atoms. The van der Waals surface area contributed by atoms with Crippen LogP contribution >= 0.6 is 0 Å². The zero-order valence-corrected chi connectivity index (χ0v) is 9.49. The van der Waals surface area contributed by atoms with Gasteiger partial charge in [0.1, 0.15) is 0 Å². The van der Waals surface area contributed by atoms with Gasteiger partial charge in [0.05, 0.1) is 18.6 Å². The molecule has 0 radical (unpaired) electrons. The molecule has 0 bridgehead atoms. The van der Waals surface area contributed by atoms with Crippen LogP contribution in [-0.4, -0.2) is 23.2 Å². The van der Waals surface area contributed by atoms with Crippen LogP contribution in [0.4, 0.5) is 0 Å². The molecule has 3 nitrogen and oxygen atoms in total. The Balaban J connectivity index is 1.90. The van der Waals surface area contributed by atoms with Crippen molar-refractivity contribution in [2.24, 2.45) is 0 Å². The maximum Gasteiger partial charge on any atom is 0.224 e. The second-order valence-electron chi connectivity index (χ2n) is 4.65. The minimum absolute atomic E-state index is 0.00426. The highest BCUT2D eigenvalue weighted by molar-refractivity contribution is 5.79. The zero-order valence-electron chi connectivity index (χ0n) is 9.49. The van der Waals surface area contributed by atoms with Crippen LogP contribution in [0.5, 0.6) is 0 Å². The lowest BCUT2D eigenvalue weighted by atomic mass is 10.1. The van der Waals surface area contributed by atoms with Crippen molar-refractivity contribution < 1.29 is 9.90 Å². The fourth-order valence-corrected chi connectivity index (χ4v) is 1.70. The Hall–Kier alpha value is -1.35. The van der Waals surface area contributed by atoms with E-state index in [1.165, 1.54) is 5.56 Å². The maximum atomic E-state index is 11.7. The molecule has 0 aromatic heterocycles. The van der Waals surface area contributed by atoms with Gasteiger partial charge in [0.25, 0.3) is 0 Å². The van der Waals surface area contributed by atoms with Gasteiger partial charge in [-0.3, -0.25) is 4.79 Å². The number of hydrogen-bond acceptors (Lipinski definition) is 2. The van der Waals surface area contributed by atoms with Crippen LogP contribution in [-0.2, 0) is 11.2 Å². The lowest BCUT2D eigenvalue weighted by molar-refractivity contribution is -0.121. The van der Waals surface area contributed by atoms with E-state index in [1.54, 1.807) is 0 Å². The van der Waals surface area contributed by atoms with E-state index in [1.807, 2.05) is 31.2 Å². The van der Waals surface area contributed by atoms with Crippen molar-refractivity contribution in [1.82, 2.24) is 5.32 Å². The Labute approximate surface area is 95.5 Å². The van der Waals surface area contributed by atoms with Crippen molar-refractivity contribution in [2.45, 2.75) is 31.7 Å². The van der Waals surface area contributed by atoms with Crippen LogP contribution in [0.25, 0.3) is 0 Å². The summed E-state index contributed by atoms with van der Waals surface area (Å²) >= 11 is 0. The highest BCUT2D eigenvalue weighted by atomic mass is 16.3. The smallest absolute Gasteiger partial charge is 0.224 e. The number of nitrogens with one attached hydrogen (secondary N) is 1. The third-order valence-corrected chi connectivity index (χ3v) is 3.05. The number of carbonyl (C=O) groups is 1. The first-order chi connectivity index (χ1) is 7.63. The van der Waals surface area contributed by atoms with Gasteiger partial charge in [-0.2, -0.15) is 0 Å². The molecule has 2 N–H and O–H groups in total. The molecule has 0 unspecified atom stereocenters. The fourth-order valence-electron chi connectivity index (χ4n) is 1.70. The zero-order chi connectivity index (χ0) is 11.6. The van der Waals surface area contributed by atoms with Crippen LogP contribution in [0.2, 0.25) is 0 Å². The van der Waals surface area contributed by atoms with Gasteiger partial charge in [0.2, 0.25) is 5.91 Å². The molecular formula is C13H17NO2. The highest BCUT2D eigenvalue weighted by Crippen LogP contribution is 2.34. The minimum Gasteiger partial charge on any atom is -0.394 e. The summed E-state index contributed by atoms with van der Waals surface area (Å²) in [5.74, 6) is -0.00426. The molecule has 1 aliphatic rings. The maximum absolute atomic E-state index is 11.7. The Morgan fingerprint density at radius 1 is 1.38 bits per heavy atom. The molecule has 0 atom stereocenters. The molecule has 1 fully saturated rings. The van der Waals surface area contributed by atoms with Crippen LogP contribution < -0.4 is 5.32 Å². The van der Waals surface area contributed by atoms with Gasteiger partial charge < -0.3 is 10.4 Å². The predicted octanol–water partition coefficient (Wildman–Crippen LogP) is 1.18. The first-order valence-corrected chi connectivity index (χ1v) is 5.61. The van der Waals surface area contributed by atoms with Gasteiger partial charge in [-0.15, -0.1) is 0 Å². The van der Waals surface area contributed by atoms with Crippen LogP contribution in [0.3, 0.4) is 0 Å². The molecule has 0 aliphatic heterocycles. The second-order valence-corrected chi connectivity index (χ2v) is 4.65. The number of rotatable bonds is 4. The first kappa shape index (κ1) is 11.1. The summed E-state index contributed by atoms with van der Waals surface area (Å²) in [4.78, 5) is 11.7. The van der Waals surface area contributed by atoms with Gasteiger partial charge in [-0.25, -0.2) is 0 Å². The Morgan fingerprint density at radius 2 is 2.00 bits per heavy atom. The number of aliphatic hydroxyl groups excluding tert-OH is 1. The SMILES string of the molecule is Cc1ccc(CC(=O)NC2(CO)CC2)cc1. The van der Waals surface area contributed by atoms with Crippen molar-refractivity contribution in [3.05, 3.63) is 35.4 Å². The van der Waals surface area contributed by atoms with Crippen molar-refractivity contribution in [3.63, 3.8) is 0 Å². The monoisotopic (exact) mass is 219 g/mol. The number of hydrogen-bond donors (Lipinski definition) is 2. The Morgan fingerprint density at radius 3 is 2.50 bits per heavy atom. The first-order valence-electron chi connectivity index (χ1n) is 5.61. The highest BCUT2D eigenvalue weighted by Gasteiger charge is 2.43. The topological polar surface area (TPSA) is 49.3 Å². The van der Waals surface area contributed by atoms with Crippen LogP contribution in [0.1, 0.15) is 24.0 Å². The quantitative estimate of drug-likeness (QED) is 0.799. The number of carbonyl (C=O) groups excluding carboxylic acids is 1. The molecule has 0 heterocycles. The van der Waals surface area contributed by atoms with Gasteiger partial charge in [0, 0.05) is 0 Å². The third kappa shape index (κ3) is 2.61. The lowest BCUT2D eigenvalue weighted by Crippen LogP contribution is -2.40. The summed E-state index contributed by atoms with van der Waals surface area (Å²) in [6.45, 7) is 2.07. The van der Waals surface area contributed by atoms with E-state index >= 15 is 0 Å². The molecule has 1 saturated carbocycles. The largest absolute Gasteiger partial charge is 0.394 e. The van der Waals surface area contributed by atoms with Crippen molar-refractivity contribution in [2.75, 3.05) is 6.61 Å². The Bertz CT molecular complexity index is 379. The van der Waals surface area contributed by atoms with Gasteiger partial charge >= 0.3 is 0 Å². The second kappa shape index (κ2) is 4.26. The summed E-state index contributed by atoms with van der Waals surface area (Å²) in [6.07, 6.45) is 2.17. The number of aliphatic hydroxyl groups is 1. The number of aryl methyl sites for hydroxylation is 1. The minimum atomic E-state index is -0.304. The average molecular weight is 219 g/mol. The molecule has 0 saturated heterocycles. The molecule has 3 heteroatoms. The summed E-state index contributed by atoms with van der Waals surface area (Å²) in [6, 6.07) is 7.93.